The lowest BCUT2D eigenvalue weighted by Crippen LogP contribution is -2.63. The van der Waals surface area contributed by atoms with Crippen molar-refractivity contribution in [2.75, 3.05) is 19.6 Å². The van der Waals surface area contributed by atoms with Gasteiger partial charge in [-0.25, -0.2) is 0 Å². The van der Waals surface area contributed by atoms with Crippen LogP contribution < -0.4 is 10.6 Å². The molecule has 1 saturated carbocycles. The van der Waals surface area contributed by atoms with Crippen LogP contribution in [0.5, 0.6) is 0 Å². The maximum Gasteiger partial charge on any atom is 0.311 e. The van der Waals surface area contributed by atoms with E-state index in [1.807, 2.05) is 0 Å². The highest BCUT2D eigenvalue weighted by molar-refractivity contribution is 5.88. The number of hydrogen-bond acceptors (Lipinski definition) is 3. The van der Waals surface area contributed by atoms with Gasteiger partial charge >= 0.3 is 5.97 Å². The minimum absolute atomic E-state index is 0.0208. The third-order valence-corrected chi connectivity index (χ3v) is 4.83. The number of carboxylic acids is 1. The number of aliphatic carboxylic acids is 1. The van der Waals surface area contributed by atoms with Gasteiger partial charge in [0, 0.05) is 19.6 Å². The second-order valence-electron chi connectivity index (χ2n) is 5.32. The lowest BCUT2D eigenvalue weighted by Gasteiger charge is -2.47. The maximum absolute atomic E-state index is 12.0. The normalized spacial score (nSPS) is 46.0. The van der Waals surface area contributed by atoms with Crippen molar-refractivity contribution in [2.24, 2.45) is 16.7 Å². The summed E-state index contributed by atoms with van der Waals surface area (Å²) in [6, 6.07) is 0. The van der Waals surface area contributed by atoms with Gasteiger partial charge in [-0.3, -0.25) is 9.59 Å². The van der Waals surface area contributed by atoms with Crippen LogP contribution >= 0.6 is 0 Å². The quantitative estimate of drug-likeness (QED) is 0.565. The molecule has 3 atom stereocenters. The lowest BCUT2D eigenvalue weighted by atomic mass is 9.62. The average molecular weight is 224 g/mol. The second-order valence-corrected chi connectivity index (χ2v) is 5.32. The van der Waals surface area contributed by atoms with E-state index < -0.39 is 16.8 Å². The molecule has 5 nitrogen and oxygen atoms in total. The molecule has 0 aromatic heterocycles. The van der Waals surface area contributed by atoms with Gasteiger partial charge < -0.3 is 15.7 Å². The average Bonchev–Trinajstić information content (AvgIpc) is 2.48. The summed E-state index contributed by atoms with van der Waals surface area (Å²) in [6.45, 7) is 1.78. The van der Waals surface area contributed by atoms with E-state index >= 15 is 0 Å². The Morgan fingerprint density at radius 1 is 1.38 bits per heavy atom. The van der Waals surface area contributed by atoms with Crippen LogP contribution in [0.25, 0.3) is 0 Å². The van der Waals surface area contributed by atoms with Gasteiger partial charge in [0.25, 0.3) is 0 Å². The minimum Gasteiger partial charge on any atom is -0.481 e. The molecular weight excluding hydrogens is 208 g/mol. The number of nitrogens with one attached hydrogen (secondary N) is 2. The fourth-order valence-corrected chi connectivity index (χ4v) is 4.00. The van der Waals surface area contributed by atoms with E-state index in [4.69, 9.17) is 0 Å². The highest BCUT2D eigenvalue weighted by Crippen LogP contribution is 2.58. The van der Waals surface area contributed by atoms with Crippen LogP contribution in [-0.4, -0.2) is 36.6 Å². The number of amides is 1. The van der Waals surface area contributed by atoms with Crippen LogP contribution in [0.4, 0.5) is 0 Å². The molecule has 3 rings (SSSR count). The topological polar surface area (TPSA) is 78.4 Å². The predicted octanol–water partition coefficient (Wildman–Crippen LogP) is -0.423. The van der Waals surface area contributed by atoms with Crippen LogP contribution in [0.15, 0.2) is 0 Å². The molecule has 88 valence electrons. The van der Waals surface area contributed by atoms with Crippen LogP contribution in [0, 0.1) is 16.7 Å². The monoisotopic (exact) mass is 224 g/mol. The third kappa shape index (κ3) is 0.948. The third-order valence-electron chi connectivity index (χ3n) is 4.83. The van der Waals surface area contributed by atoms with Crippen molar-refractivity contribution in [1.82, 2.24) is 10.6 Å². The second kappa shape index (κ2) is 2.97. The summed E-state index contributed by atoms with van der Waals surface area (Å²) in [5.41, 5.74) is -1.15. The fourth-order valence-electron chi connectivity index (χ4n) is 4.00. The Balaban J connectivity index is 2.07. The molecule has 0 radical (unpaired) electrons. The lowest BCUT2D eigenvalue weighted by molar-refractivity contribution is -0.158. The number of carboxylic acid groups (broad SMARTS) is 1. The van der Waals surface area contributed by atoms with Crippen molar-refractivity contribution >= 4 is 11.9 Å². The van der Waals surface area contributed by atoms with Gasteiger partial charge in [0.05, 0.1) is 10.8 Å². The molecule has 3 N–H and O–H groups in total. The summed E-state index contributed by atoms with van der Waals surface area (Å²) in [5.74, 6) is -0.659. The van der Waals surface area contributed by atoms with Gasteiger partial charge in [-0.1, -0.05) is 0 Å². The van der Waals surface area contributed by atoms with Gasteiger partial charge in [-0.15, -0.1) is 0 Å². The van der Waals surface area contributed by atoms with Gasteiger partial charge in [0.15, 0.2) is 0 Å². The smallest absolute Gasteiger partial charge is 0.311 e. The standard InChI is InChI=1S/C11H16N2O3/c14-8-10-2-3-11(9(15)16,6-12-5-10)7(10)1-4-13-8/h7,12H,1-6H2,(H,13,14)(H,15,16). The SMILES string of the molecule is O=C(O)C12CCC3(CNC1)C(=O)NCCC23. The van der Waals surface area contributed by atoms with Crippen molar-refractivity contribution in [3.63, 3.8) is 0 Å². The Bertz CT molecular complexity index is 358. The summed E-state index contributed by atoms with van der Waals surface area (Å²) < 4.78 is 0. The molecule has 2 heterocycles. The summed E-state index contributed by atoms with van der Waals surface area (Å²) in [4.78, 5) is 23.5. The van der Waals surface area contributed by atoms with Crippen LogP contribution in [0.2, 0.25) is 0 Å². The van der Waals surface area contributed by atoms with Gasteiger partial charge in [0.2, 0.25) is 5.91 Å². The van der Waals surface area contributed by atoms with Gasteiger partial charge in [0.1, 0.15) is 0 Å². The van der Waals surface area contributed by atoms with E-state index in [1.54, 1.807) is 0 Å². The molecule has 1 amide bonds. The first kappa shape index (κ1) is 10.1. The van der Waals surface area contributed by atoms with Crippen molar-refractivity contribution in [3.8, 4) is 0 Å². The Morgan fingerprint density at radius 2 is 2.19 bits per heavy atom. The zero-order valence-corrected chi connectivity index (χ0v) is 9.08. The molecule has 3 unspecified atom stereocenters. The number of piperidine rings is 2. The molecule has 0 spiro atoms. The minimum atomic E-state index is -0.735. The zero-order chi connectivity index (χ0) is 11.4. The Morgan fingerprint density at radius 3 is 2.94 bits per heavy atom. The van der Waals surface area contributed by atoms with E-state index in [-0.39, 0.29) is 11.8 Å². The summed E-state index contributed by atoms with van der Waals surface area (Å²) in [7, 11) is 0. The molecule has 2 saturated heterocycles. The summed E-state index contributed by atoms with van der Waals surface area (Å²) >= 11 is 0. The molecule has 2 aliphatic heterocycles. The van der Waals surface area contributed by atoms with E-state index in [9.17, 15) is 14.7 Å². The van der Waals surface area contributed by atoms with E-state index in [0.717, 1.165) is 6.42 Å². The summed E-state index contributed by atoms with van der Waals surface area (Å²) in [6.07, 6.45) is 2.15. The predicted molar refractivity (Wildman–Crippen MR) is 55.7 cm³/mol. The molecule has 0 aromatic rings. The molecule has 3 fully saturated rings. The maximum atomic E-state index is 12.0. The largest absolute Gasteiger partial charge is 0.481 e. The van der Waals surface area contributed by atoms with Gasteiger partial charge in [-0.05, 0) is 25.2 Å². The molecule has 2 bridgehead atoms. The van der Waals surface area contributed by atoms with Crippen molar-refractivity contribution in [2.45, 2.75) is 19.3 Å². The summed E-state index contributed by atoms with van der Waals surface area (Å²) in [5, 5.41) is 15.5. The molecule has 5 heteroatoms. The first-order valence-corrected chi connectivity index (χ1v) is 5.84. The highest BCUT2D eigenvalue weighted by Gasteiger charge is 2.66. The number of carbonyl (C=O) groups excluding carboxylic acids is 1. The molecule has 3 aliphatic rings. The fraction of sp³-hybridized carbons (Fsp3) is 0.818. The molecule has 0 aromatic carbocycles. The van der Waals surface area contributed by atoms with E-state index in [2.05, 4.69) is 10.6 Å². The van der Waals surface area contributed by atoms with Gasteiger partial charge in [-0.2, -0.15) is 0 Å². The van der Waals surface area contributed by atoms with Crippen molar-refractivity contribution < 1.29 is 14.7 Å². The zero-order valence-electron chi connectivity index (χ0n) is 9.08. The first-order chi connectivity index (χ1) is 7.62. The first-order valence-electron chi connectivity index (χ1n) is 5.84. The van der Waals surface area contributed by atoms with E-state index in [0.29, 0.717) is 32.5 Å². The van der Waals surface area contributed by atoms with E-state index in [1.165, 1.54) is 0 Å². The highest BCUT2D eigenvalue weighted by atomic mass is 16.4. The Hall–Kier alpha value is -1.10. The Kier molecular flexibility index (Phi) is 1.87. The Labute approximate surface area is 93.6 Å². The molecular formula is C11H16N2O3. The van der Waals surface area contributed by atoms with Crippen molar-refractivity contribution in [3.05, 3.63) is 0 Å². The number of carbonyl (C=O) groups is 2. The number of hydrogen-bond donors (Lipinski definition) is 3. The molecule has 1 aliphatic carbocycles. The van der Waals surface area contributed by atoms with Crippen molar-refractivity contribution in [1.29, 1.82) is 0 Å². The molecule has 16 heavy (non-hydrogen) atoms. The van der Waals surface area contributed by atoms with Crippen LogP contribution in [0.1, 0.15) is 19.3 Å². The number of rotatable bonds is 1. The van der Waals surface area contributed by atoms with Crippen LogP contribution in [-0.2, 0) is 9.59 Å². The van der Waals surface area contributed by atoms with Crippen LogP contribution in [0.3, 0.4) is 0 Å².